The minimum atomic E-state index is -0.353. The van der Waals surface area contributed by atoms with E-state index in [2.05, 4.69) is 5.32 Å². The van der Waals surface area contributed by atoms with Crippen molar-refractivity contribution in [2.75, 3.05) is 16.8 Å². The van der Waals surface area contributed by atoms with Crippen LogP contribution in [0.4, 0.5) is 15.8 Å². The molecule has 1 N–H and O–H groups in total. The fourth-order valence-corrected chi connectivity index (χ4v) is 2.71. The van der Waals surface area contributed by atoms with Gasteiger partial charge in [-0.05, 0) is 54.8 Å². The molecule has 1 saturated heterocycles. The summed E-state index contributed by atoms with van der Waals surface area (Å²) < 4.78 is 13.5. The molecule has 0 radical (unpaired) electrons. The summed E-state index contributed by atoms with van der Waals surface area (Å²) >= 11 is 0. The van der Waals surface area contributed by atoms with Gasteiger partial charge in [0.05, 0.1) is 0 Å². The lowest BCUT2D eigenvalue weighted by molar-refractivity contribution is -0.117. The first-order chi connectivity index (χ1) is 12.0. The number of nitrogens with zero attached hydrogens (tertiary/aromatic N) is 1. The van der Waals surface area contributed by atoms with E-state index in [9.17, 15) is 14.0 Å². The van der Waals surface area contributed by atoms with Gasteiger partial charge in [0.25, 0.3) is 0 Å². The molecule has 2 aromatic carbocycles. The third-order valence-corrected chi connectivity index (χ3v) is 4.14. The van der Waals surface area contributed by atoms with Gasteiger partial charge in [0, 0.05) is 30.4 Å². The third kappa shape index (κ3) is 4.12. The van der Waals surface area contributed by atoms with Crippen LogP contribution in [0.2, 0.25) is 0 Å². The normalized spacial score (nSPS) is 14.3. The van der Waals surface area contributed by atoms with Gasteiger partial charge < -0.3 is 10.2 Å². The molecule has 1 aliphatic heterocycles. The van der Waals surface area contributed by atoms with Crippen molar-refractivity contribution in [2.45, 2.75) is 19.8 Å². The maximum Gasteiger partial charge on any atom is 0.248 e. The molecule has 1 fully saturated rings. The first kappa shape index (κ1) is 16.9. The zero-order valence-electron chi connectivity index (χ0n) is 14.0. The number of benzene rings is 2. The molecule has 0 aromatic heterocycles. The number of carbonyl (C=O) groups excluding carboxylic acids is 2. The molecule has 0 unspecified atom stereocenters. The van der Waals surface area contributed by atoms with Gasteiger partial charge in [-0.3, -0.25) is 9.59 Å². The van der Waals surface area contributed by atoms with Crippen molar-refractivity contribution in [1.82, 2.24) is 0 Å². The number of halogens is 1. The number of nitrogens with one attached hydrogen (secondary N) is 1. The minimum Gasteiger partial charge on any atom is -0.322 e. The molecule has 0 atom stereocenters. The molecule has 1 aliphatic rings. The summed E-state index contributed by atoms with van der Waals surface area (Å²) in [7, 11) is 0. The largest absolute Gasteiger partial charge is 0.322 e. The Morgan fingerprint density at radius 1 is 1.20 bits per heavy atom. The molecule has 5 heteroatoms. The topological polar surface area (TPSA) is 49.4 Å². The fourth-order valence-electron chi connectivity index (χ4n) is 2.71. The van der Waals surface area contributed by atoms with Crippen LogP contribution in [0.5, 0.6) is 0 Å². The number of carbonyl (C=O) groups is 2. The van der Waals surface area contributed by atoms with Crippen molar-refractivity contribution in [3.05, 3.63) is 65.5 Å². The van der Waals surface area contributed by atoms with Crippen LogP contribution in [0, 0.1) is 12.7 Å². The highest BCUT2D eigenvalue weighted by atomic mass is 19.1. The third-order valence-electron chi connectivity index (χ3n) is 4.14. The minimum absolute atomic E-state index is 0.146. The Morgan fingerprint density at radius 3 is 2.60 bits per heavy atom. The second-order valence-corrected chi connectivity index (χ2v) is 6.03. The molecule has 4 nitrogen and oxygen atoms in total. The zero-order valence-corrected chi connectivity index (χ0v) is 14.0. The van der Waals surface area contributed by atoms with E-state index in [1.807, 2.05) is 24.3 Å². The van der Waals surface area contributed by atoms with Crippen molar-refractivity contribution in [3.8, 4) is 0 Å². The lowest BCUT2D eigenvalue weighted by Crippen LogP contribution is -2.23. The molecule has 2 aromatic rings. The Bertz CT molecular complexity index is 828. The Balaban J connectivity index is 1.62. The lowest BCUT2D eigenvalue weighted by atomic mass is 10.2. The summed E-state index contributed by atoms with van der Waals surface area (Å²) in [6.07, 6.45) is 4.56. The van der Waals surface area contributed by atoms with E-state index >= 15 is 0 Å². The average Bonchev–Trinajstić information content (AvgIpc) is 3.03. The standard InChI is InChI=1S/C20H19FN2O2/c1-14-4-8-16(13-18(14)21)22-19(24)11-7-15-5-9-17(10-6-15)23-12-2-3-20(23)25/h4-11,13H,2-3,12H2,1H3,(H,22,24)/b11-7+. The highest BCUT2D eigenvalue weighted by Crippen LogP contribution is 2.22. The van der Waals surface area contributed by atoms with Crippen molar-refractivity contribution in [2.24, 2.45) is 0 Å². The van der Waals surface area contributed by atoms with Gasteiger partial charge in [-0.15, -0.1) is 0 Å². The highest BCUT2D eigenvalue weighted by molar-refractivity contribution is 6.02. The van der Waals surface area contributed by atoms with E-state index in [1.165, 1.54) is 12.1 Å². The van der Waals surface area contributed by atoms with E-state index < -0.39 is 0 Å². The van der Waals surface area contributed by atoms with Gasteiger partial charge >= 0.3 is 0 Å². The van der Waals surface area contributed by atoms with Crippen molar-refractivity contribution in [3.63, 3.8) is 0 Å². The predicted octanol–water partition coefficient (Wildman–Crippen LogP) is 3.91. The number of anilines is 2. The monoisotopic (exact) mass is 338 g/mol. The van der Waals surface area contributed by atoms with Crippen LogP contribution in [-0.2, 0) is 9.59 Å². The summed E-state index contributed by atoms with van der Waals surface area (Å²) in [6, 6.07) is 12.0. The fraction of sp³-hybridized carbons (Fsp3) is 0.200. The molecule has 0 aliphatic carbocycles. The van der Waals surface area contributed by atoms with Gasteiger partial charge in [-0.2, -0.15) is 0 Å². The quantitative estimate of drug-likeness (QED) is 0.859. The van der Waals surface area contributed by atoms with Crippen LogP contribution in [0.15, 0.2) is 48.5 Å². The number of amides is 2. The maximum atomic E-state index is 13.5. The van der Waals surface area contributed by atoms with Gasteiger partial charge in [0.2, 0.25) is 11.8 Å². The second kappa shape index (κ2) is 7.30. The molecule has 0 spiro atoms. The molecule has 0 saturated carbocycles. The first-order valence-corrected chi connectivity index (χ1v) is 8.18. The Labute approximate surface area is 146 Å². The molecule has 0 bridgehead atoms. The Hall–Kier alpha value is -2.95. The summed E-state index contributed by atoms with van der Waals surface area (Å²) in [5.74, 6) is -0.538. The summed E-state index contributed by atoms with van der Waals surface area (Å²) in [4.78, 5) is 25.4. The molecular formula is C20H19FN2O2. The van der Waals surface area contributed by atoms with Gasteiger partial charge in [-0.25, -0.2) is 4.39 Å². The van der Waals surface area contributed by atoms with E-state index in [0.29, 0.717) is 17.7 Å². The molecule has 128 valence electrons. The highest BCUT2D eigenvalue weighted by Gasteiger charge is 2.21. The van der Waals surface area contributed by atoms with E-state index in [1.54, 1.807) is 30.0 Å². The van der Waals surface area contributed by atoms with Gasteiger partial charge in [-0.1, -0.05) is 18.2 Å². The second-order valence-electron chi connectivity index (χ2n) is 6.03. The molecular weight excluding hydrogens is 319 g/mol. The lowest BCUT2D eigenvalue weighted by Gasteiger charge is -2.15. The van der Waals surface area contributed by atoms with E-state index in [0.717, 1.165) is 24.2 Å². The van der Waals surface area contributed by atoms with Crippen molar-refractivity contribution >= 4 is 29.3 Å². The van der Waals surface area contributed by atoms with Gasteiger partial charge in [0.1, 0.15) is 5.82 Å². The van der Waals surface area contributed by atoms with Gasteiger partial charge in [0.15, 0.2) is 0 Å². The van der Waals surface area contributed by atoms with Crippen LogP contribution in [0.3, 0.4) is 0 Å². The molecule has 1 heterocycles. The Kier molecular flexibility index (Phi) is 4.93. The molecule has 25 heavy (non-hydrogen) atoms. The first-order valence-electron chi connectivity index (χ1n) is 8.18. The van der Waals surface area contributed by atoms with Crippen molar-refractivity contribution < 1.29 is 14.0 Å². The number of aryl methyl sites for hydroxylation is 1. The van der Waals surface area contributed by atoms with Crippen molar-refractivity contribution in [1.29, 1.82) is 0 Å². The summed E-state index contributed by atoms with van der Waals surface area (Å²) in [5, 5.41) is 2.62. The molecule has 3 rings (SSSR count). The molecule has 2 amide bonds. The average molecular weight is 338 g/mol. The van der Waals surface area contributed by atoms with Crippen LogP contribution in [0.25, 0.3) is 6.08 Å². The summed E-state index contributed by atoms with van der Waals surface area (Å²) in [5.41, 5.74) is 2.67. The number of rotatable bonds is 4. The van der Waals surface area contributed by atoms with Crippen LogP contribution in [0.1, 0.15) is 24.0 Å². The predicted molar refractivity (Wildman–Crippen MR) is 96.8 cm³/mol. The zero-order chi connectivity index (χ0) is 17.8. The smallest absolute Gasteiger partial charge is 0.248 e. The van der Waals surface area contributed by atoms with Crippen LogP contribution in [-0.4, -0.2) is 18.4 Å². The van der Waals surface area contributed by atoms with E-state index in [4.69, 9.17) is 0 Å². The van der Waals surface area contributed by atoms with E-state index in [-0.39, 0.29) is 17.6 Å². The number of hydrogen-bond acceptors (Lipinski definition) is 2. The van der Waals surface area contributed by atoms with Crippen LogP contribution >= 0.6 is 0 Å². The van der Waals surface area contributed by atoms with Crippen LogP contribution < -0.4 is 10.2 Å². The SMILES string of the molecule is Cc1ccc(NC(=O)/C=C/c2ccc(N3CCCC3=O)cc2)cc1F. The number of hydrogen-bond donors (Lipinski definition) is 1. The Morgan fingerprint density at radius 2 is 1.96 bits per heavy atom. The summed E-state index contributed by atoms with van der Waals surface area (Å²) in [6.45, 7) is 2.42. The maximum absolute atomic E-state index is 13.5.